The second-order valence-electron chi connectivity index (χ2n) is 9.39. The number of carbonyl (C=O) groups is 3. The van der Waals surface area contributed by atoms with Gasteiger partial charge in [-0.25, -0.2) is 0 Å². The van der Waals surface area contributed by atoms with Crippen molar-refractivity contribution in [3.05, 3.63) is 75.3 Å². The maximum Gasteiger partial charge on any atom is 0.273 e. The second-order valence-corrected chi connectivity index (χ2v) is 10.2. The van der Waals surface area contributed by atoms with E-state index in [0.29, 0.717) is 23.7 Å². The highest BCUT2D eigenvalue weighted by molar-refractivity contribution is 7.09. The summed E-state index contributed by atoms with van der Waals surface area (Å²) in [6.07, 6.45) is 0.799. The summed E-state index contributed by atoms with van der Waals surface area (Å²) in [7, 11) is 0. The molecule has 8 nitrogen and oxygen atoms in total. The average molecular weight is 508 g/mol. The van der Waals surface area contributed by atoms with E-state index in [1.54, 1.807) is 0 Å². The fraction of sp³-hybridized carbons (Fsp3) is 0.333. The fourth-order valence-electron chi connectivity index (χ4n) is 3.83. The number of hydrogen-bond acceptors (Lipinski definition) is 6. The lowest BCUT2D eigenvalue weighted by atomic mass is 9.99. The van der Waals surface area contributed by atoms with Crippen LogP contribution >= 0.6 is 11.5 Å². The quantitative estimate of drug-likeness (QED) is 0.397. The standard InChI is InChI=1S/C27H33N5O3S/c1-15(2)12-13-30-26(34)23(19-10-7-16(3)8-11-19)32(20-14-17(4)6-9-18(20)5)27(35)24-21(28)22(25(29)33)31-36-24/h6-11,14-15,23H,12-13,28H2,1-5H3,(H2,29,33)(H,30,34). The number of nitrogens with two attached hydrogens (primary N) is 2. The molecular weight excluding hydrogens is 474 g/mol. The lowest BCUT2D eigenvalue weighted by Crippen LogP contribution is -2.44. The smallest absolute Gasteiger partial charge is 0.273 e. The number of amides is 3. The van der Waals surface area contributed by atoms with Crippen LogP contribution < -0.4 is 21.7 Å². The summed E-state index contributed by atoms with van der Waals surface area (Å²) >= 11 is 0.795. The zero-order chi connectivity index (χ0) is 26.6. The van der Waals surface area contributed by atoms with E-state index in [1.165, 1.54) is 4.90 Å². The van der Waals surface area contributed by atoms with E-state index in [9.17, 15) is 14.4 Å². The molecule has 0 saturated carbocycles. The number of carbonyl (C=O) groups excluding carboxylic acids is 3. The number of benzene rings is 2. The van der Waals surface area contributed by atoms with Crippen molar-refractivity contribution in [3.63, 3.8) is 0 Å². The molecule has 0 saturated heterocycles. The molecule has 3 aromatic rings. The van der Waals surface area contributed by atoms with Crippen LogP contribution in [0.25, 0.3) is 0 Å². The van der Waals surface area contributed by atoms with Crippen molar-refractivity contribution in [2.24, 2.45) is 11.7 Å². The molecule has 1 heterocycles. The molecule has 0 spiro atoms. The van der Waals surface area contributed by atoms with Crippen LogP contribution in [-0.2, 0) is 4.79 Å². The molecule has 1 atom stereocenters. The topological polar surface area (TPSA) is 131 Å². The van der Waals surface area contributed by atoms with E-state index < -0.39 is 17.9 Å². The van der Waals surface area contributed by atoms with Crippen LogP contribution in [0, 0.1) is 26.7 Å². The average Bonchev–Trinajstić information content (AvgIpc) is 3.21. The summed E-state index contributed by atoms with van der Waals surface area (Å²) in [5.41, 5.74) is 15.3. The molecule has 2 aromatic carbocycles. The van der Waals surface area contributed by atoms with Crippen molar-refractivity contribution in [1.29, 1.82) is 0 Å². The Morgan fingerprint density at radius 3 is 2.25 bits per heavy atom. The van der Waals surface area contributed by atoms with Crippen molar-refractivity contribution < 1.29 is 14.4 Å². The first-order valence-electron chi connectivity index (χ1n) is 11.8. The number of nitrogen functional groups attached to an aromatic ring is 1. The summed E-state index contributed by atoms with van der Waals surface area (Å²) in [4.78, 5) is 41.1. The first-order chi connectivity index (χ1) is 17.0. The Morgan fingerprint density at radius 2 is 1.67 bits per heavy atom. The third-order valence-electron chi connectivity index (χ3n) is 5.92. The number of aryl methyl sites for hydroxylation is 3. The number of anilines is 2. The van der Waals surface area contributed by atoms with Crippen LogP contribution in [0.3, 0.4) is 0 Å². The van der Waals surface area contributed by atoms with Gasteiger partial charge in [-0.1, -0.05) is 55.8 Å². The largest absolute Gasteiger partial charge is 0.395 e. The van der Waals surface area contributed by atoms with Crippen molar-refractivity contribution in [3.8, 4) is 0 Å². The van der Waals surface area contributed by atoms with Gasteiger partial charge in [0.1, 0.15) is 10.9 Å². The van der Waals surface area contributed by atoms with Crippen molar-refractivity contribution >= 4 is 40.6 Å². The minimum absolute atomic E-state index is 0.0526. The van der Waals surface area contributed by atoms with E-state index in [0.717, 1.165) is 34.6 Å². The van der Waals surface area contributed by atoms with Gasteiger partial charge in [0.15, 0.2) is 5.69 Å². The zero-order valence-electron chi connectivity index (χ0n) is 21.3. The Bertz CT molecular complexity index is 1270. The third kappa shape index (κ3) is 5.91. The first-order valence-corrected chi connectivity index (χ1v) is 12.6. The number of hydrogen-bond donors (Lipinski definition) is 3. The molecular formula is C27H33N5O3S. The molecule has 9 heteroatoms. The number of nitrogens with one attached hydrogen (secondary N) is 1. The Morgan fingerprint density at radius 1 is 1.03 bits per heavy atom. The Balaban J connectivity index is 2.21. The Hall–Kier alpha value is -3.72. The lowest BCUT2D eigenvalue weighted by molar-refractivity contribution is -0.122. The summed E-state index contributed by atoms with van der Waals surface area (Å²) in [6, 6.07) is 12.2. The summed E-state index contributed by atoms with van der Waals surface area (Å²) in [5, 5.41) is 3.01. The molecule has 0 aliphatic carbocycles. The van der Waals surface area contributed by atoms with Gasteiger partial charge in [-0.15, -0.1) is 0 Å². The predicted octanol–water partition coefficient (Wildman–Crippen LogP) is 4.30. The van der Waals surface area contributed by atoms with Gasteiger partial charge in [0.25, 0.3) is 11.8 Å². The summed E-state index contributed by atoms with van der Waals surface area (Å²) < 4.78 is 4.00. The third-order valence-corrected chi connectivity index (χ3v) is 6.77. The minimum Gasteiger partial charge on any atom is -0.395 e. The zero-order valence-corrected chi connectivity index (χ0v) is 22.1. The number of nitrogens with zero attached hydrogens (tertiary/aromatic N) is 2. The van der Waals surface area contributed by atoms with Crippen LogP contribution in [0.5, 0.6) is 0 Å². The monoisotopic (exact) mass is 507 g/mol. The fourth-order valence-corrected chi connectivity index (χ4v) is 4.57. The highest BCUT2D eigenvalue weighted by atomic mass is 32.1. The molecule has 3 rings (SSSR count). The van der Waals surface area contributed by atoms with E-state index in [1.807, 2.05) is 63.2 Å². The second kappa shape index (κ2) is 11.3. The summed E-state index contributed by atoms with van der Waals surface area (Å²) in [6.45, 7) is 10.4. The van der Waals surface area contributed by atoms with Gasteiger partial charge in [-0.3, -0.25) is 19.3 Å². The number of rotatable bonds is 9. The lowest BCUT2D eigenvalue weighted by Gasteiger charge is -2.32. The first kappa shape index (κ1) is 26.9. The molecule has 0 aliphatic heterocycles. The molecule has 0 aliphatic rings. The van der Waals surface area contributed by atoms with Crippen LogP contribution in [0.15, 0.2) is 42.5 Å². The van der Waals surface area contributed by atoms with Gasteiger partial charge < -0.3 is 16.8 Å². The van der Waals surface area contributed by atoms with Gasteiger partial charge in [-0.05, 0) is 67.4 Å². The molecule has 36 heavy (non-hydrogen) atoms. The van der Waals surface area contributed by atoms with Gasteiger partial charge in [-0.2, -0.15) is 4.37 Å². The Kier molecular flexibility index (Phi) is 8.47. The van der Waals surface area contributed by atoms with E-state index in [2.05, 4.69) is 23.5 Å². The van der Waals surface area contributed by atoms with E-state index in [-0.39, 0.29) is 22.2 Å². The number of aromatic nitrogens is 1. The highest BCUT2D eigenvalue weighted by Gasteiger charge is 2.36. The van der Waals surface area contributed by atoms with Gasteiger partial charge in [0.2, 0.25) is 5.91 Å². The molecule has 3 amide bonds. The normalized spacial score (nSPS) is 11.8. The predicted molar refractivity (Wildman–Crippen MR) is 144 cm³/mol. The maximum atomic E-state index is 14.1. The van der Waals surface area contributed by atoms with Crippen LogP contribution in [-0.4, -0.2) is 28.6 Å². The highest BCUT2D eigenvalue weighted by Crippen LogP contribution is 2.35. The SMILES string of the molecule is Cc1ccc(C(C(=O)NCCC(C)C)N(C(=O)c2snc(C(N)=O)c2N)c2cc(C)ccc2C)cc1. The molecule has 0 bridgehead atoms. The van der Waals surface area contributed by atoms with Crippen molar-refractivity contribution in [2.75, 3.05) is 17.2 Å². The van der Waals surface area contributed by atoms with Gasteiger partial charge in [0, 0.05) is 12.2 Å². The minimum atomic E-state index is -0.982. The molecule has 5 N–H and O–H groups in total. The Labute approximate surface area is 215 Å². The van der Waals surface area contributed by atoms with Crippen molar-refractivity contribution in [1.82, 2.24) is 9.69 Å². The molecule has 190 valence electrons. The molecule has 0 fully saturated rings. The molecule has 0 radical (unpaired) electrons. The molecule has 1 aromatic heterocycles. The van der Waals surface area contributed by atoms with Gasteiger partial charge in [0.05, 0.1) is 5.69 Å². The van der Waals surface area contributed by atoms with Crippen LogP contribution in [0.1, 0.15) is 68.7 Å². The van der Waals surface area contributed by atoms with Crippen LogP contribution in [0.4, 0.5) is 11.4 Å². The molecule has 1 unspecified atom stereocenters. The summed E-state index contributed by atoms with van der Waals surface area (Å²) in [5.74, 6) is -1.26. The maximum absolute atomic E-state index is 14.1. The number of primary amides is 1. The van der Waals surface area contributed by atoms with Crippen LogP contribution in [0.2, 0.25) is 0 Å². The van der Waals surface area contributed by atoms with Gasteiger partial charge >= 0.3 is 0 Å². The van der Waals surface area contributed by atoms with E-state index in [4.69, 9.17) is 11.5 Å². The van der Waals surface area contributed by atoms with Crippen molar-refractivity contribution in [2.45, 2.75) is 47.1 Å². The van der Waals surface area contributed by atoms with E-state index >= 15 is 0 Å².